The van der Waals surface area contributed by atoms with Crippen LogP contribution in [0.5, 0.6) is 5.75 Å². The minimum Gasteiger partial charge on any atom is -0.491 e. The van der Waals surface area contributed by atoms with Gasteiger partial charge in [0.1, 0.15) is 24.3 Å². The lowest BCUT2D eigenvalue weighted by Crippen LogP contribution is -2.25. The van der Waals surface area contributed by atoms with Gasteiger partial charge in [-0.15, -0.1) is 0 Å². The number of rotatable bonds is 10. The number of nitrogens with zero attached hydrogens (tertiary/aromatic N) is 2. The molecule has 35 heavy (non-hydrogen) atoms. The van der Waals surface area contributed by atoms with E-state index in [2.05, 4.69) is 10.3 Å². The first-order chi connectivity index (χ1) is 16.8. The summed E-state index contributed by atoms with van der Waals surface area (Å²) in [6, 6.07) is 19.5. The molecule has 0 fully saturated rings. The van der Waals surface area contributed by atoms with Gasteiger partial charge in [0.15, 0.2) is 0 Å². The second-order valence-electron chi connectivity index (χ2n) is 8.03. The van der Waals surface area contributed by atoms with Gasteiger partial charge in [0.05, 0.1) is 22.7 Å². The molecule has 2 N–H and O–H groups in total. The summed E-state index contributed by atoms with van der Waals surface area (Å²) in [5.41, 5.74) is 3.45. The number of fused-ring (bicyclic) bond motifs is 1. The zero-order valence-electron chi connectivity index (χ0n) is 19.5. The largest absolute Gasteiger partial charge is 0.491 e. The molecule has 0 saturated carbocycles. The molecule has 0 amide bonds. The molecular weight excluding hydrogens is 466 g/mol. The molecule has 4 rings (SSSR count). The third-order valence-corrected chi connectivity index (χ3v) is 6.54. The van der Waals surface area contributed by atoms with E-state index < -0.39 is 22.8 Å². The SMILES string of the molecule is CCNc1ccc(-c2ccc3cc(OCC(O)COS(=O)(=O)c4ccc(C)cc4)ccc3n2)cn1. The topological polar surface area (TPSA) is 111 Å². The molecule has 0 radical (unpaired) electrons. The number of nitrogens with one attached hydrogen (secondary N) is 1. The van der Waals surface area contributed by atoms with Gasteiger partial charge in [-0.05, 0) is 62.4 Å². The van der Waals surface area contributed by atoms with Crippen LogP contribution >= 0.6 is 0 Å². The highest BCUT2D eigenvalue weighted by atomic mass is 32.2. The Bertz CT molecular complexity index is 1390. The first kappa shape index (κ1) is 24.6. The van der Waals surface area contributed by atoms with Crippen LogP contribution in [0, 0.1) is 6.92 Å². The van der Waals surface area contributed by atoms with Crippen LogP contribution in [0.2, 0.25) is 0 Å². The number of pyridine rings is 2. The average molecular weight is 494 g/mol. The van der Waals surface area contributed by atoms with Crippen LogP contribution in [0.3, 0.4) is 0 Å². The van der Waals surface area contributed by atoms with Gasteiger partial charge in [0.2, 0.25) is 0 Å². The van der Waals surface area contributed by atoms with Crippen molar-refractivity contribution in [3.63, 3.8) is 0 Å². The minimum absolute atomic E-state index is 0.0435. The fraction of sp³-hybridized carbons (Fsp3) is 0.231. The second kappa shape index (κ2) is 10.8. The molecule has 1 unspecified atom stereocenters. The van der Waals surface area contributed by atoms with Crippen molar-refractivity contribution in [2.75, 3.05) is 25.1 Å². The summed E-state index contributed by atoms with van der Waals surface area (Å²) in [6.45, 7) is 4.16. The molecule has 2 aromatic carbocycles. The van der Waals surface area contributed by atoms with E-state index in [0.717, 1.165) is 40.1 Å². The maximum Gasteiger partial charge on any atom is 0.297 e. The van der Waals surface area contributed by atoms with Gasteiger partial charge < -0.3 is 15.2 Å². The van der Waals surface area contributed by atoms with Crippen LogP contribution in [-0.4, -0.2) is 49.4 Å². The van der Waals surface area contributed by atoms with E-state index in [-0.39, 0.29) is 11.5 Å². The fourth-order valence-corrected chi connectivity index (χ4v) is 4.31. The van der Waals surface area contributed by atoms with E-state index in [4.69, 9.17) is 13.9 Å². The molecule has 0 bridgehead atoms. The maximum atomic E-state index is 12.3. The van der Waals surface area contributed by atoms with Crippen LogP contribution in [0.1, 0.15) is 12.5 Å². The maximum absolute atomic E-state index is 12.3. The molecule has 9 heteroatoms. The highest BCUT2D eigenvalue weighted by molar-refractivity contribution is 7.86. The number of benzene rings is 2. The number of aryl methyl sites for hydroxylation is 1. The molecule has 8 nitrogen and oxygen atoms in total. The van der Waals surface area contributed by atoms with E-state index in [9.17, 15) is 13.5 Å². The standard InChI is InChI=1S/C26H27N3O5S/c1-3-27-26-13-7-20(15-28-26)25-11-6-19-14-22(8-12-24(19)29-25)33-16-21(30)17-34-35(31,32)23-9-4-18(2)5-10-23/h4-15,21,30H,3,16-17H2,1-2H3,(H,27,28). The molecule has 0 aliphatic rings. The quantitative estimate of drug-likeness (QED) is 0.317. The predicted octanol–water partition coefficient (Wildman–Crippen LogP) is 4.18. The molecular formula is C26H27N3O5S. The lowest BCUT2D eigenvalue weighted by molar-refractivity contribution is 0.0649. The zero-order valence-corrected chi connectivity index (χ0v) is 20.3. The highest BCUT2D eigenvalue weighted by Crippen LogP contribution is 2.24. The monoisotopic (exact) mass is 493 g/mol. The lowest BCUT2D eigenvalue weighted by Gasteiger charge is -2.13. The van der Waals surface area contributed by atoms with Crippen molar-refractivity contribution in [3.05, 3.63) is 78.5 Å². The van der Waals surface area contributed by atoms with Crippen LogP contribution in [0.15, 0.2) is 77.8 Å². The Morgan fingerprint density at radius 1 is 1.00 bits per heavy atom. The van der Waals surface area contributed by atoms with Gasteiger partial charge >= 0.3 is 0 Å². The van der Waals surface area contributed by atoms with E-state index >= 15 is 0 Å². The fourth-order valence-electron chi connectivity index (χ4n) is 3.37. The number of aromatic nitrogens is 2. The number of anilines is 1. The molecule has 2 aromatic heterocycles. The zero-order chi connectivity index (χ0) is 24.8. The number of hydrogen-bond acceptors (Lipinski definition) is 8. The smallest absolute Gasteiger partial charge is 0.297 e. The first-order valence-electron chi connectivity index (χ1n) is 11.2. The summed E-state index contributed by atoms with van der Waals surface area (Å²) in [5.74, 6) is 1.35. The molecule has 4 aromatic rings. The van der Waals surface area contributed by atoms with Crippen molar-refractivity contribution in [1.82, 2.24) is 9.97 Å². The average Bonchev–Trinajstić information content (AvgIpc) is 2.87. The number of aliphatic hydroxyl groups excluding tert-OH is 1. The van der Waals surface area contributed by atoms with Crippen LogP contribution < -0.4 is 10.1 Å². The third kappa shape index (κ3) is 6.33. The van der Waals surface area contributed by atoms with Crippen molar-refractivity contribution in [2.45, 2.75) is 24.8 Å². The van der Waals surface area contributed by atoms with Gasteiger partial charge in [0.25, 0.3) is 10.1 Å². The van der Waals surface area contributed by atoms with Crippen molar-refractivity contribution in [3.8, 4) is 17.0 Å². The third-order valence-electron chi connectivity index (χ3n) is 5.25. The van der Waals surface area contributed by atoms with Gasteiger partial charge in [-0.2, -0.15) is 8.42 Å². The van der Waals surface area contributed by atoms with Crippen LogP contribution in [0.25, 0.3) is 22.2 Å². The van der Waals surface area contributed by atoms with E-state index in [1.807, 2.05) is 50.2 Å². The number of aliphatic hydroxyl groups is 1. The number of ether oxygens (including phenoxy) is 1. The van der Waals surface area contributed by atoms with Crippen molar-refractivity contribution in [1.29, 1.82) is 0 Å². The Labute approximate surface area is 204 Å². The minimum atomic E-state index is -3.95. The Hall–Kier alpha value is -3.53. The van der Waals surface area contributed by atoms with E-state index in [0.29, 0.717) is 5.75 Å². The van der Waals surface area contributed by atoms with Crippen LogP contribution in [-0.2, 0) is 14.3 Å². The van der Waals surface area contributed by atoms with Gasteiger partial charge in [-0.25, -0.2) is 9.97 Å². The Kier molecular flexibility index (Phi) is 7.60. The first-order valence-corrected chi connectivity index (χ1v) is 12.6. The summed E-state index contributed by atoms with van der Waals surface area (Å²) in [4.78, 5) is 9.13. The lowest BCUT2D eigenvalue weighted by atomic mass is 10.1. The van der Waals surface area contributed by atoms with Crippen molar-refractivity contribution < 1.29 is 22.4 Å². The highest BCUT2D eigenvalue weighted by Gasteiger charge is 2.18. The molecule has 0 saturated heterocycles. The van der Waals surface area contributed by atoms with E-state index in [1.54, 1.807) is 24.4 Å². The number of hydrogen-bond donors (Lipinski definition) is 2. The summed E-state index contributed by atoms with van der Waals surface area (Å²) in [5, 5.41) is 14.2. The normalized spacial score (nSPS) is 12.4. The van der Waals surface area contributed by atoms with Crippen molar-refractivity contribution in [2.24, 2.45) is 0 Å². The molecule has 0 spiro atoms. The molecule has 1 atom stereocenters. The summed E-state index contributed by atoms with van der Waals surface area (Å²) in [7, 11) is -3.95. The Morgan fingerprint density at radius 3 is 2.51 bits per heavy atom. The molecule has 0 aliphatic heterocycles. The Morgan fingerprint density at radius 2 is 1.80 bits per heavy atom. The van der Waals surface area contributed by atoms with Crippen molar-refractivity contribution >= 4 is 26.8 Å². The summed E-state index contributed by atoms with van der Waals surface area (Å²) < 4.78 is 35.1. The van der Waals surface area contributed by atoms with Gasteiger partial charge in [-0.1, -0.05) is 23.8 Å². The predicted molar refractivity (Wildman–Crippen MR) is 135 cm³/mol. The summed E-state index contributed by atoms with van der Waals surface area (Å²) >= 11 is 0. The summed E-state index contributed by atoms with van der Waals surface area (Å²) in [6.07, 6.45) is 0.663. The van der Waals surface area contributed by atoms with Gasteiger partial charge in [-0.3, -0.25) is 4.18 Å². The molecule has 182 valence electrons. The Balaban J connectivity index is 1.35. The van der Waals surface area contributed by atoms with Gasteiger partial charge in [0, 0.05) is 23.7 Å². The molecule has 0 aliphatic carbocycles. The molecule has 2 heterocycles. The van der Waals surface area contributed by atoms with E-state index in [1.165, 1.54) is 12.1 Å². The second-order valence-corrected chi connectivity index (χ2v) is 9.65. The van der Waals surface area contributed by atoms with Crippen LogP contribution in [0.4, 0.5) is 5.82 Å².